The monoisotopic (exact) mass is 287 g/mol. The van der Waals surface area contributed by atoms with E-state index in [2.05, 4.69) is 4.74 Å². The average molecular weight is 287 g/mol. The Labute approximate surface area is 113 Å². The lowest BCUT2D eigenvalue weighted by molar-refractivity contribution is -0.274. The SMILES string of the molecule is O=C1CCC(=O)N1CCc1ccc(OC(F)(F)F)cc1. The van der Waals surface area contributed by atoms with Crippen LogP contribution < -0.4 is 4.74 Å². The van der Waals surface area contributed by atoms with Crippen molar-refractivity contribution in [1.82, 2.24) is 4.90 Å². The molecule has 1 aliphatic heterocycles. The quantitative estimate of drug-likeness (QED) is 0.798. The molecule has 1 aliphatic rings. The van der Waals surface area contributed by atoms with E-state index >= 15 is 0 Å². The summed E-state index contributed by atoms with van der Waals surface area (Å²) in [4.78, 5) is 23.9. The zero-order valence-corrected chi connectivity index (χ0v) is 10.4. The van der Waals surface area contributed by atoms with E-state index < -0.39 is 6.36 Å². The van der Waals surface area contributed by atoms with Gasteiger partial charge in [0.2, 0.25) is 11.8 Å². The molecular weight excluding hydrogens is 275 g/mol. The van der Waals surface area contributed by atoms with Crippen molar-refractivity contribution in [2.75, 3.05) is 6.54 Å². The first-order chi connectivity index (χ1) is 9.35. The van der Waals surface area contributed by atoms with Crippen LogP contribution in [0.2, 0.25) is 0 Å². The Hall–Kier alpha value is -2.05. The fourth-order valence-corrected chi connectivity index (χ4v) is 1.97. The van der Waals surface area contributed by atoms with E-state index in [9.17, 15) is 22.8 Å². The van der Waals surface area contributed by atoms with Gasteiger partial charge in [-0.2, -0.15) is 0 Å². The Morgan fingerprint density at radius 2 is 1.60 bits per heavy atom. The van der Waals surface area contributed by atoms with E-state index in [-0.39, 0.29) is 37.0 Å². The molecule has 1 saturated heterocycles. The number of hydrogen-bond donors (Lipinski definition) is 0. The molecule has 0 saturated carbocycles. The van der Waals surface area contributed by atoms with E-state index in [0.717, 1.165) is 5.56 Å². The van der Waals surface area contributed by atoms with Gasteiger partial charge in [-0.15, -0.1) is 13.2 Å². The molecule has 0 spiro atoms. The Kier molecular flexibility index (Phi) is 3.96. The van der Waals surface area contributed by atoms with E-state index in [0.29, 0.717) is 6.42 Å². The lowest BCUT2D eigenvalue weighted by Gasteiger charge is -2.14. The first-order valence-electron chi connectivity index (χ1n) is 6.03. The first kappa shape index (κ1) is 14.4. The molecule has 7 heteroatoms. The smallest absolute Gasteiger partial charge is 0.406 e. The van der Waals surface area contributed by atoms with Gasteiger partial charge < -0.3 is 4.74 Å². The van der Waals surface area contributed by atoms with Gasteiger partial charge in [-0.1, -0.05) is 12.1 Å². The summed E-state index contributed by atoms with van der Waals surface area (Å²) in [6, 6.07) is 5.37. The van der Waals surface area contributed by atoms with Gasteiger partial charge in [0.15, 0.2) is 0 Å². The van der Waals surface area contributed by atoms with Crippen LogP contribution in [0, 0.1) is 0 Å². The number of carbonyl (C=O) groups is 2. The summed E-state index contributed by atoms with van der Waals surface area (Å²) in [7, 11) is 0. The molecule has 1 fully saturated rings. The lowest BCUT2D eigenvalue weighted by atomic mass is 10.1. The molecule has 2 rings (SSSR count). The van der Waals surface area contributed by atoms with Crippen LogP contribution in [0.1, 0.15) is 18.4 Å². The number of halogens is 3. The van der Waals surface area contributed by atoms with Crippen LogP contribution in [0.4, 0.5) is 13.2 Å². The van der Waals surface area contributed by atoms with Gasteiger partial charge >= 0.3 is 6.36 Å². The van der Waals surface area contributed by atoms with E-state index in [1.807, 2.05) is 0 Å². The zero-order valence-electron chi connectivity index (χ0n) is 10.4. The normalized spacial score (nSPS) is 15.8. The molecule has 4 nitrogen and oxygen atoms in total. The number of rotatable bonds is 4. The van der Waals surface area contributed by atoms with Gasteiger partial charge in [-0.25, -0.2) is 0 Å². The molecule has 0 radical (unpaired) electrons. The van der Waals surface area contributed by atoms with Crippen LogP contribution in [0.5, 0.6) is 5.75 Å². The molecule has 1 heterocycles. The summed E-state index contributed by atoms with van der Waals surface area (Å²) in [6.07, 6.45) is -3.84. The Bertz CT molecular complexity index is 495. The lowest BCUT2D eigenvalue weighted by Crippen LogP contribution is -2.31. The number of carbonyl (C=O) groups excluding carboxylic acids is 2. The Morgan fingerprint density at radius 1 is 1.05 bits per heavy atom. The number of ether oxygens (including phenoxy) is 1. The van der Waals surface area contributed by atoms with Crippen molar-refractivity contribution in [3.63, 3.8) is 0 Å². The highest BCUT2D eigenvalue weighted by molar-refractivity contribution is 6.01. The number of imide groups is 1. The largest absolute Gasteiger partial charge is 0.573 e. The predicted octanol–water partition coefficient (Wildman–Crippen LogP) is 2.28. The van der Waals surface area contributed by atoms with Gasteiger partial charge in [0.1, 0.15) is 5.75 Å². The average Bonchev–Trinajstić information content (AvgIpc) is 2.67. The number of nitrogens with zero attached hydrogens (tertiary/aromatic N) is 1. The van der Waals surface area contributed by atoms with Crippen LogP contribution in [0.25, 0.3) is 0 Å². The molecule has 0 aromatic heterocycles. The number of amides is 2. The third kappa shape index (κ3) is 3.72. The van der Waals surface area contributed by atoms with Gasteiger partial charge in [-0.05, 0) is 24.1 Å². The predicted molar refractivity (Wildman–Crippen MR) is 62.8 cm³/mol. The van der Waals surface area contributed by atoms with Crippen molar-refractivity contribution in [3.8, 4) is 5.75 Å². The second-order valence-corrected chi connectivity index (χ2v) is 4.38. The highest BCUT2D eigenvalue weighted by Gasteiger charge is 2.31. The van der Waals surface area contributed by atoms with E-state index in [1.54, 1.807) is 0 Å². The highest BCUT2D eigenvalue weighted by atomic mass is 19.4. The summed E-state index contributed by atoms with van der Waals surface area (Å²) < 4.78 is 39.7. The fourth-order valence-electron chi connectivity index (χ4n) is 1.97. The van der Waals surface area contributed by atoms with Crippen molar-refractivity contribution < 1.29 is 27.5 Å². The third-order valence-corrected chi connectivity index (χ3v) is 2.94. The van der Waals surface area contributed by atoms with Crippen LogP contribution >= 0.6 is 0 Å². The minimum absolute atomic E-state index is 0.202. The van der Waals surface area contributed by atoms with E-state index in [4.69, 9.17) is 0 Å². The zero-order chi connectivity index (χ0) is 14.8. The van der Waals surface area contributed by atoms with Crippen molar-refractivity contribution >= 4 is 11.8 Å². The fraction of sp³-hybridized carbons (Fsp3) is 0.385. The Balaban J connectivity index is 1.91. The topological polar surface area (TPSA) is 46.6 Å². The molecule has 108 valence electrons. The standard InChI is InChI=1S/C13H12F3NO3/c14-13(15,16)20-10-3-1-9(2-4-10)7-8-17-11(18)5-6-12(17)19/h1-4H,5-8H2. The first-order valence-corrected chi connectivity index (χ1v) is 6.03. The van der Waals surface area contributed by atoms with Crippen LogP contribution in [0.3, 0.4) is 0 Å². The number of likely N-dealkylation sites (tertiary alicyclic amines) is 1. The minimum Gasteiger partial charge on any atom is -0.406 e. The maximum Gasteiger partial charge on any atom is 0.573 e. The summed E-state index contributed by atoms with van der Waals surface area (Å²) >= 11 is 0. The molecule has 1 aromatic carbocycles. The molecule has 2 amide bonds. The second-order valence-electron chi connectivity index (χ2n) is 4.38. The maximum atomic E-state index is 12.0. The van der Waals surface area contributed by atoms with Gasteiger partial charge in [-0.3, -0.25) is 14.5 Å². The summed E-state index contributed by atoms with van der Waals surface area (Å²) in [5, 5.41) is 0. The second kappa shape index (κ2) is 5.52. The summed E-state index contributed by atoms with van der Waals surface area (Å²) in [5.41, 5.74) is 0.729. The maximum absolute atomic E-state index is 12.0. The van der Waals surface area contributed by atoms with Crippen molar-refractivity contribution in [2.24, 2.45) is 0 Å². The van der Waals surface area contributed by atoms with Crippen molar-refractivity contribution in [1.29, 1.82) is 0 Å². The van der Waals surface area contributed by atoms with Gasteiger partial charge in [0.25, 0.3) is 0 Å². The van der Waals surface area contributed by atoms with Gasteiger partial charge in [0, 0.05) is 19.4 Å². The Morgan fingerprint density at radius 3 is 2.10 bits per heavy atom. The molecule has 0 atom stereocenters. The van der Waals surface area contributed by atoms with Crippen LogP contribution in [-0.4, -0.2) is 29.6 Å². The number of hydrogen-bond acceptors (Lipinski definition) is 3. The number of alkyl halides is 3. The van der Waals surface area contributed by atoms with Crippen LogP contribution in [-0.2, 0) is 16.0 Å². The van der Waals surface area contributed by atoms with E-state index in [1.165, 1.54) is 29.2 Å². The highest BCUT2D eigenvalue weighted by Crippen LogP contribution is 2.23. The molecular formula is C13H12F3NO3. The third-order valence-electron chi connectivity index (χ3n) is 2.94. The minimum atomic E-state index is -4.71. The van der Waals surface area contributed by atoms with Crippen molar-refractivity contribution in [3.05, 3.63) is 29.8 Å². The van der Waals surface area contributed by atoms with Crippen molar-refractivity contribution in [2.45, 2.75) is 25.6 Å². The number of benzene rings is 1. The summed E-state index contributed by atoms with van der Waals surface area (Å²) in [5.74, 6) is -0.700. The molecule has 0 N–H and O–H groups in total. The molecule has 0 unspecified atom stereocenters. The molecule has 0 bridgehead atoms. The molecule has 20 heavy (non-hydrogen) atoms. The van der Waals surface area contributed by atoms with Gasteiger partial charge in [0.05, 0.1) is 0 Å². The molecule has 1 aromatic rings. The van der Waals surface area contributed by atoms with Crippen LogP contribution in [0.15, 0.2) is 24.3 Å². The summed E-state index contributed by atoms with van der Waals surface area (Å²) in [6.45, 7) is 0.247. The molecule has 0 aliphatic carbocycles.